The molecule has 0 amide bonds. The number of ketones is 2. The van der Waals surface area contributed by atoms with E-state index in [1.165, 1.54) is 6.92 Å². The number of ether oxygens (including phenoxy) is 1. The summed E-state index contributed by atoms with van der Waals surface area (Å²) in [6.07, 6.45) is 6.43. The van der Waals surface area contributed by atoms with Gasteiger partial charge in [0, 0.05) is 24.2 Å². The molecule has 0 aromatic rings. The van der Waals surface area contributed by atoms with Gasteiger partial charge in [0.25, 0.3) is 0 Å². The van der Waals surface area contributed by atoms with Gasteiger partial charge in [-0.15, -0.1) is 0 Å². The van der Waals surface area contributed by atoms with Gasteiger partial charge in [-0.1, -0.05) is 19.4 Å². The molecular weight excluding hydrogens is 372 g/mol. The van der Waals surface area contributed by atoms with Gasteiger partial charge in [-0.25, -0.2) is 0 Å². The van der Waals surface area contributed by atoms with Crippen LogP contribution in [0.5, 0.6) is 0 Å². The van der Waals surface area contributed by atoms with E-state index in [0.29, 0.717) is 38.5 Å². The lowest BCUT2D eigenvalue weighted by atomic mass is 9.44. The summed E-state index contributed by atoms with van der Waals surface area (Å²) in [5.74, 6) is -0.831. The summed E-state index contributed by atoms with van der Waals surface area (Å²) >= 11 is 0. The van der Waals surface area contributed by atoms with Gasteiger partial charge in [0.15, 0.2) is 12.4 Å². The minimum Gasteiger partial charge on any atom is -0.458 e. The SMILES string of the molecule is CC(=O)OCC(=O)C1(O)CCC2C3CCC4=CC(=O)CCC4(C)C3(O)CCC21C. The van der Waals surface area contributed by atoms with Gasteiger partial charge in [-0.2, -0.15) is 0 Å². The van der Waals surface area contributed by atoms with Crippen LogP contribution in [0.25, 0.3) is 0 Å². The molecule has 2 N–H and O–H groups in total. The van der Waals surface area contributed by atoms with E-state index in [1.807, 2.05) is 6.92 Å². The molecule has 6 nitrogen and oxygen atoms in total. The van der Waals surface area contributed by atoms with Crippen LogP contribution in [0.2, 0.25) is 0 Å². The molecule has 0 bridgehead atoms. The zero-order valence-electron chi connectivity index (χ0n) is 17.6. The van der Waals surface area contributed by atoms with E-state index in [9.17, 15) is 24.6 Å². The number of carbonyl (C=O) groups is 3. The summed E-state index contributed by atoms with van der Waals surface area (Å²) in [5, 5.41) is 23.4. The second-order valence-corrected chi connectivity index (χ2v) is 10.2. The monoisotopic (exact) mass is 404 g/mol. The minimum absolute atomic E-state index is 0.0172. The minimum atomic E-state index is -1.53. The zero-order chi connectivity index (χ0) is 21.2. The molecule has 6 unspecified atom stereocenters. The molecule has 3 saturated carbocycles. The largest absolute Gasteiger partial charge is 0.458 e. The van der Waals surface area contributed by atoms with E-state index in [2.05, 4.69) is 6.92 Å². The first-order valence-corrected chi connectivity index (χ1v) is 10.8. The van der Waals surface area contributed by atoms with Crippen molar-refractivity contribution in [1.29, 1.82) is 0 Å². The lowest BCUT2D eigenvalue weighted by Crippen LogP contribution is -2.65. The van der Waals surface area contributed by atoms with Crippen molar-refractivity contribution in [3.05, 3.63) is 11.6 Å². The van der Waals surface area contributed by atoms with Crippen LogP contribution in [-0.2, 0) is 19.1 Å². The van der Waals surface area contributed by atoms with Crippen molar-refractivity contribution < 1.29 is 29.3 Å². The van der Waals surface area contributed by atoms with Gasteiger partial charge in [0.2, 0.25) is 5.78 Å². The fraction of sp³-hybridized carbons (Fsp3) is 0.783. The van der Waals surface area contributed by atoms with Crippen LogP contribution in [0.15, 0.2) is 11.6 Å². The normalized spacial score (nSPS) is 46.2. The Morgan fingerprint density at radius 2 is 1.79 bits per heavy atom. The maximum atomic E-state index is 12.9. The molecule has 0 heterocycles. The third-order valence-corrected chi connectivity index (χ3v) is 9.17. The second-order valence-electron chi connectivity index (χ2n) is 10.2. The van der Waals surface area contributed by atoms with Crippen LogP contribution in [0.3, 0.4) is 0 Å². The van der Waals surface area contributed by atoms with Crippen molar-refractivity contribution in [2.24, 2.45) is 22.7 Å². The molecule has 160 valence electrons. The fourth-order valence-corrected chi connectivity index (χ4v) is 7.26. The maximum Gasteiger partial charge on any atom is 0.303 e. The average molecular weight is 405 g/mol. The van der Waals surface area contributed by atoms with Gasteiger partial charge >= 0.3 is 5.97 Å². The number of rotatable bonds is 3. The Hall–Kier alpha value is -1.53. The molecule has 4 rings (SSSR count). The van der Waals surface area contributed by atoms with Crippen LogP contribution in [-0.4, -0.2) is 45.6 Å². The molecule has 0 spiro atoms. The quantitative estimate of drug-likeness (QED) is 0.701. The Morgan fingerprint density at radius 1 is 1.07 bits per heavy atom. The number of Topliss-reactive ketones (excluding diaryl/α,β-unsaturated/α-hetero) is 1. The summed E-state index contributed by atoms with van der Waals surface area (Å²) in [6.45, 7) is 4.90. The summed E-state index contributed by atoms with van der Waals surface area (Å²) in [7, 11) is 0. The topological polar surface area (TPSA) is 101 Å². The highest BCUT2D eigenvalue weighted by Crippen LogP contribution is 2.69. The number of esters is 1. The highest BCUT2D eigenvalue weighted by Gasteiger charge is 2.70. The Labute approximate surface area is 171 Å². The van der Waals surface area contributed by atoms with Crippen LogP contribution < -0.4 is 0 Å². The molecule has 0 aliphatic heterocycles. The molecule has 6 heteroatoms. The maximum absolute atomic E-state index is 12.9. The lowest BCUT2D eigenvalue weighted by molar-refractivity contribution is -0.211. The number of fused-ring (bicyclic) bond motifs is 5. The van der Waals surface area contributed by atoms with Crippen molar-refractivity contribution in [2.75, 3.05) is 6.61 Å². The number of hydrogen-bond donors (Lipinski definition) is 2. The van der Waals surface area contributed by atoms with E-state index in [-0.39, 0.29) is 17.6 Å². The predicted molar refractivity (Wildman–Crippen MR) is 105 cm³/mol. The predicted octanol–water partition coefficient (Wildman–Crippen LogP) is 2.50. The number of hydrogen-bond acceptors (Lipinski definition) is 6. The Kier molecular flexibility index (Phi) is 4.63. The van der Waals surface area contributed by atoms with E-state index in [1.54, 1.807) is 6.08 Å². The third kappa shape index (κ3) is 2.64. The van der Waals surface area contributed by atoms with Gasteiger partial charge < -0.3 is 14.9 Å². The van der Waals surface area contributed by atoms with E-state index >= 15 is 0 Å². The van der Waals surface area contributed by atoms with Crippen LogP contribution in [0.1, 0.15) is 72.1 Å². The molecule has 0 radical (unpaired) electrons. The van der Waals surface area contributed by atoms with Crippen molar-refractivity contribution in [3.63, 3.8) is 0 Å². The standard InChI is InChI=1S/C23H32O6/c1-14(24)29-13-19(26)23(28)9-7-17-18-5-4-15-12-16(25)6-8-20(15,2)22(18,27)11-10-21(17,23)3/h12,17-18,27-28H,4-11,13H2,1-3H3. The highest BCUT2D eigenvalue weighted by atomic mass is 16.5. The molecule has 4 aliphatic carbocycles. The lowest BCUT2D eigenvalue weighted by Gasteiger charge is -2.63. The van der Waals surface area contributed by atoms with Crippen molar-refractivity contribution >= 4 is 17.5 Å². The third-order valence-electron chi connectivity index (χ3n) is 9.17. The van der Waals surface area contributed by atoms with Crippen LogP contribution in [0, 0.1) is 22.7 Å². The van der Waals surface area contributed by atoms with Gasteiger partial charge in [0.05, 0.1) is 5.60 Å². The molecule has 4 aliphatic rings. The summed E-state index contributed by atoms with van der Waals surface area (Å²) in [5.41, 5.74) is -2.47. The molecule has 3 fully saturated rings. The highest BCUT2D eigenvalue weighted by molar-refractivity contribution is 5.92. The Bertz CT molecular complexity index is 801. The number of aliphatic hydroxyl groups is 2. The smallest absolute Gasteiger partial charge is 0.303 e. The van der Waals surface area contributed by atoms with Crippen LogP contribution in [0.4, 0.5) is 0 Å². The first-order valence-electron chi connectivity index (χ1n) is 10.8. The molecule has 0 saturated heterocycles. The van der Waals surface area contributed by atoms with Crippen molar-refractivity contribution in [3.8, 4) is 0 Å². The first-order chi connectivity index (χ1) is 13.5. The second kappa shape index (κ2) is 6.48. The summed E-state index contributed by atoms with van der Waals surface area (Å²) in [4.78, 5) is 36.0. The molecule has 29 heavy (non-hydrogen) atoms. The van der Waals surface area contributed by atoms with E-state index in [4.69, 9.17) is 4.74 Å². The molecule has 0 aromatic carbocycles. The molecular formula is C23H32O6. The van der Waals surface area contributed by atoms with Crippen molar-refractivity contribution in [2.45, 2.75) is 83.3 Å². The summed E-state index contributed by atoms with van der Waals surface area (Å²) < 4.78 is 4.89. The zero-order valence-corrected chi connectivity index (χ0v) is 17.6. The number of carbonyl (C=O) groups excluding carboxylic acids is 3. The van der Waals surface area contributed by atoms with Crippen LogP contribution >= 0.6 is 0 Å². The van der Waals surface area contributed by atoms with E-state index in [0.717, 1.165) is 18.4 Å². The van der Waals surface area contributed by atoms with Gasteiger partial charge in [-0.05, 0) is 62.9 Å². The fourth-order valence-electron chi connectivity index (χ4n) is 7.26. The van der Waals surface area contributed by atoms with E-state index < -0.39 is 40.4 Å². The molecule has 6 atom stereocenters. The van der Waals surface area contributed by atoms with Crippen molar-refractivity contribution in [1.82, 2.24) is 0 Å². The molecule has 0 aromatic heterocycles. The van der Waals surface area contributed by atoms with Gasteiger partial charge in [-0.3, -0.25) is 14.4 Å². The Morgan fingerprint density at radius 3 is 2.48 bits per heavy atom. The van der Waals surface area contributed by atoms with Gasteiger partial charge in [0.1, 0.15) is 5.60 Å². The Balaban J connectivity index is 1.66. The average Bonchev–Trinajstić information content (AvgIpc) is 2.94. The first kappa shape index (κ1) is 20.7. The summed E-state index contributed by atoms with van der Waals surface area (Å²) in [6, 6.07) is 0.